The van der Waals surface area contributed by atoms with Gasteiger partial charge in [-0.05, 0) is 58.4 Å². The summed E-state index contributed by atoms with van der Waals surface area (Å²) in [5.74, 6) is -0.828. The number of aliphatic hydroxyl groups excluding tert-OH is 2. The Morgan fingerprint density at radius 1 is 1.11 bits per heavy atom. The molecule has 2 aromatic carbocycles. The van der Waals surface area contributed by atoms with Crippen molar-refractivity contribution < 1.29 is 32.9 Å². The highest BCUT2D eigenvalue weighted by molar-refractivity contribution is 9.10. The van der Waals surface area contributed by atoms with E-state index in [4.69, 9.17) is 0 Å². The first kappa shape index (κ1) is 20.4. The molecule has 10 heteroatoms. The van der Waals surface area contributed by atoms with Gasteiger partial charge >= 0.3 is 6.36 Å². The molecule has 1 heterocycles. The summed E-state index contributed by atoms with van der Waals surface area (Å²) >= 11 is 3.38. The first-order valence-corrected chi connectivity index (χ1v) is 8.99. The van der Waals surface area contributed by atoms with Gasteiger partial charge in [0.05, 0.1) is 17.9 Å². The zero-order chi connectivity index (χ0) is 20.5. The van der Waals surface area contributed by atoms with Crippen LogP contribution in [-0.4, -0.2) is 47.8 Å². The Labute approximate surface area is 166 Å². The lowest BCUT2D eigenvalue weighted by atomic mass is 10.1. The first-order chi connectivity index (χ1) is 13.1. The van der Waals surface area contributed by atoms with Crippen molar-refractivity contribution in [3.05, 3.63) is 52.5 Å². The summed E-state index contributed by atoms with van der Waals surface area (Å²) in [6.45, 7) is 0.551. The van der Waals surface area contributed by atoms with Crippen LogP contribution in [0.15, 0.2) is 46.9 Å². The topological polar surface area (TPSA) is 82.0 Å². The van der Waals surface area contributed by atoms with Crippen LogP contribution in [0.25, 0.3) is 0 Å². The quantitative estimate of drug-likeness (QED) is 0.652. The molecule has 0 unspecified atom stereocenters. The third-order valence-corrected chi connectivity index (χ3v) is 4.79. The number of aliphatic hydroxyl groups is 2. The van der Waals surface area contributed by atoms with Crippen LogP contribution in [0.2, 0.25) is 0 Å². The van der Waals surface area contributed by atoms with Crippen LogP contribution in [0.1, 0.15) is 10.4 Å². The number of ether oxygens (including phenoxy) is 1. The average molecular weight is 461 g/mol. The zero-order valence-corrected chi connectivity index (χ0v) is 15.9. The van der Waals surface area contributed by atoms with Gasteiger partial charge in [-0.2, -0.15) is 0 Å². The number of nitrogens with one attached hydrogen (secondary N) is 1. The lowest BCUT2D eigenvalue weighted by Crippen LogP contribution is -2.22. The van der Waals surface area contributed by atoms with Crippen LogP contribution in [-0.2, 0) is 0 Å². The number of amides is 1. The molecule has 2 aromatic rings. The smallest absolute Gasteiger partial charge is 0.406 e. The highest BCUT2D eigenvalue weighted by Gasteiger charge is 2.31. The fourth-order valence-corrected chi connectivity index (χ4v) is 3.44. The van der Waals surface area contributed by atoms with Crippen LogP contribution in [0, 0.1) is 0 Å². The molecule has 0 radical (unpaired) electrons. The molecule has 3 N–H and O–H groups in total. The van der Waals surface area contributed by atoms with E-state index in [0.717, 1.165) is 17.8 Å². The second-order valence-electron chi connectivity index (χ2n) is 6.23. The first-order valence-electron chi connectivity index (χ1n) is 8.20. The van der Waals surface area contributed by atoms with Gasteiger partial charge in [0, 0.05) is 28.8 Å². The van der Waals surface area contributed by atoms with E-state index in [0.29, 0.717) is 15.7 Å². The number of halogens is 4. The molecule has 28 heavy (non-hydrogen) atoms. The molecule has 0 bridgehead atoms. The molecule has 0 saturated carbocycles. The molecule has 2 atom stereocenters. The van der Waals surface area contributed by atoms with Crippen molar-refractivity contribution in [3.8, 4) is 5.75 Å². The molecule has 1 amide bonds. The van der Waals surface area contributed by atoms with E-state index in [2.05, 4.69) is 26.0 Å². The number of alkyl halides is 3. The molecule has 0 spiro atoms. The van der Waals surface area contributed by atoms with Crippen molar-refractivity contribution >= 4 is 33.2 Å². The summed E-state index contributed by atoms with van der Waals surface area (Å²) in [5, 5.41) is 21.9. The predicted molar refractivity (Wildman–Crippen MR) is 99.4 cm³/mol. The van der Waals surface area contributed by atoms with E-state index in [-0.39, 0.29) is 18.8 Å². The summed E-state index contributed by atoms with van der Waals surface area (Å²) in [6.07, 6.45) is -6.45. The Morgan fingerprint density at radius 3 is 2.25 bits per heavy atom. The fraction of sp³-hybridized carbons (Fsp3) is 0.278. The SMILES string of the molecule is O=C(Nc1ccc(OC(F)(F)F)cc1)c1ccc(N2C[C@H](O)[C@@H](O)C2)c(Br)c1. The number of hydrogen-bond donors (Lipinski definition) is 3. The highest BCUT2D eigenvalue weighted by atomic mass is 79.9. The minimum atomic E-state index is -4.78. The van der Waals surface area contributed by atoms with Gasteiger partial charge < -0.3 is 25.2 Å². The maximum absolute atomic E-state index is 12.4. The second-order valence-corrected chi connectivity index (χ2v) is 7.09. The minimum absolute atomic E-state index is 0.275. The number of nitrogens with zero attached hydrogens (tertiary/aromatic N) is 1. The molecule has 1 aliphatic rings. The monoisotopic (exact) mass is 460 g/mol. The third kappa shape index (κ3) is 4.94. The molecule has 0 aliphatic carbocycles. The van der Waals surface area contributed by atoms with E-state index >= 15 is 0 Å². The zero-order valence-electron chi connectivity index (χ0n) is 14.3. The maximum atomic E-state index is 12.4. The molecule has 0 aromatic heterocycles. The predicted octanol–water partition coefficient (Wildman–Crippen LogP) is 3.14. The van der Waals surface area contributed by atoms with Crippen molar-refractivity contribution in [1.29, 1.82) is 0 Å². The van der Waals surface area contributed by atoms with Crippen molar-refractivity contribution in [3.63, 3.8) is 0 Å². The molecule has 1 aliphatic heterocycles. The normalized spacial score (nSPS) is 19.6. The van der Waals surface area contributed by atoms with Crippen LogP contribution in [0.4, 0.5) is 24.5 Å². The number of carbonyl (C=O) groups is 1. The molecule has 3 rings (SSSR count). The van der Waals surface area contributed by atoms with Gasteiger partial charge in [0.2, 0.25) is 0 Å². The largest absolute Gasteiger partial charge is 0.573 e. The molecular weight excluding hydrogens is 445 g/mol. The van der Waals surface area contributed by atoms with Crippen LogP contribution < -0.4 is 15.0 Å². The van der Waals surface area contributed by atoms with Crippen LogP contribution >= 0.6 is 15.9 Å². The van der Waals surface area contributed by atoms with Crippen molar-refractivity contribution in [1.82, 2.24) is 0 Å². The van der Waals surface area contributed by atoms with Gasteiger partial charge in [0.15, 0.2) is 0 Å². The third-order valence-electron chi connectivity index (χ3n) is 4.16. The molecule has 1 saturated heterocycles. The van der Waals surface area contributed by atoms with E-state index in [1.807, 2.05) is 0 Å². The average Bonchev–Trinajstić information content (AvgIpc) is 2.94. The van der Waals surface area contributed by atoms with Gasteiger partial charge in [-0.1, -0.05) is 0 Å². The Hall–Kier alpha value is -2.30. The van der Waals surface area contributed by atoms with Crippen LogP contribution in [0.3, 0.4) is 0 Å². The molecule has 150 valence electrons. The standard InChI is InChI=1S/C18H16BrF3N2O4/c19-13-7-10(1-6-14(13)24-8-15(25)16(26)9-24)17(27)23-11-2-4-12(5-3-11)28-18(20,21)22/h1-7,15-16,25-26H,8-9H2,(H,23,27)/t15-,16-/m0/s1. The summed E-state index contributed by atoms with van der Waals surface area (Å²) < 4.78 is 40.9. The van der Waals surface area contributed by atoms with Crippen molar-refractivity contribution in [2.24, 2.45) is 0 Å². The van der Waals surface area contributed by atoms with Gasteiger partial charge in [-0.25, -0.2) is 0 Å². The summed E-state index contributed by atoms with van der Waals surface area (Å²) in [5.41, 5.74) is 1.36. The molecule has 6 nitrogen and oxygen atoms in total. The number of rotatable bonds is 4. The number of carbonyl (C=O) groups excluding carboxylic acids is 1. The van der Waals surface area contributed by atoms with Gasteiger partial charge in [0.1, 0.15) is 5.75 Å². The van der Waals surface area contributed by atoms with Gasteiger partial charge in [0.25, 0.3) is 5.91 Å². The second kappa shape index (κ2) is 7.98. The van der Waals surface area contributed by atoms with Crippen molar-refractivity contribution in [2.45, 2.75) is 18.6 Å². The summed E-state index contributed by atoms with van der Waals surface area (Å²) in [6, 6.07) is 9.66. The number of anilines is 2. The highest BCUT2D eigenvalue weighted by Crippen LogP contribution is 2.30. The molecular formula is C18H16BrF3N2O4. The number of benzene rings is 2. The van der Waals surface area contributed by atoms with E-state index in [1.165, 1.54) is 12.1 Å². The minimum Gasteiger partial charge on any atom is -0.406 e. The van der Waals surface area contributed by atoms with E-state index < -0.39 is 24.5 Å². The van der Waals surface area contributed by atoms with E-state index in [1.54, 1.807) is 23.1 Å². The Morgan fingerprint density at radius 2 is 1.71 bits per heavy atom. The molecule has 1 fully saturated rings. The Balaban J connectivity index is 1.67. The maximum Gasteiger partial charge on any atom is 0.573 e. The number of β-amino-alcohol motifs (C(OH)–C–C–N with tert-alkyl or cyclic N) is 2. The van der Waals surface area contributed by atoms with Gasteiger partial charge in [-0.3, -0.25) is 4.79 Å². The lowest BCUT2D eigenvalue weighted by Gasteiger charge is -2.20. The van der Waals surface area contributed by atoms with Gasteiger partial charge in [-0.15, -0.1) is 13.2 Å². The van der Waals surface area contributed by atoms with Crippen LogP contribution in [0.5, 0.6) is 5.75 Å². The lowest BCUT2D eigenvalue weighted by molar-refractivity contribution is -0.274. The summed E-state index contributed by atoms with van der Waals surface area (Å²) in [4.78, 5) is 14.2. The van der Waals surface area contributed by atoms with Crippen molar-refractivity contribution in [2.75, 3.05) is 23.3 Å². The van der Waals surface area contributed by atoms with E-state index in [9.17, 15) is 28.2 Å². The Bertz CT molecular complexity index is 851. The summed E-state index contributed by atoms with van der Waals surface area (Å²) in [7, 11) is 0. The number of hydrogen-bond acceptors (Lipinski definition) is 5. The Kier molecular flexibility index (Phi) is 5.82. The fourth-order valence-electron chi connectivity index (χ4n) is 2.81.